The molecular weight excluding hydrogens is 301 g/mol. The molecule has 0 aliphatic heterocycles. The number of hydrogen-bond donors (Lipinski definition) is 1. The van der Waals surface area contributed by atoms with Gasteiger partial charge < -0.3 is 5.11 Å². The third kappa shape index (κ3) is 2.56. The molecule has 0 fully saturated rings. The van der Waals surface area contributed by atoms with Crippen molar-refractivity contribution in [3.05, 3.63) is 45.9 Å². The van der Waals surface area contributed by atoms with Gasteiger partial charge in [0.05, 0.1) is 17.2 Å². The molecule has 0 bridgehead atoms. The summed E-state index contributed by atoms with van der Waals surface area (Å²) in [6.07, 6.45) is 0. The monoisotopic (exact) mass is 315 g/mol. The molecular formula is C13H14FNO3S2. The predicted octanol–water partition coefficient (Wildman–Crippen LogP) is 2.51. The fraction of sp³-hybridized carbons (Fsp3) is 0.231. The van der Waals surface area contributed by atoms with Crippen LogP contribution in [-0.2, 0) is 16.6 Å². The molecule has 0 atom stereocenters. The van der Waals surface area contributed by atoms with E-state index in [1.807, 2.05) is 0 Å². The van der Waals surface area contributed by atoms with Crippen molar-refractivity contribution in [1.29, 1.82) is 0 Å². The number of rotatable bonds is 4. The Labute approximate surface area is 121 Å². The van der Waals surface area contributed by atoms with Crippen molar-refractivity contribution < 1.29 is 17.9 Å². The summed E-state index contributed by atoms with van der Waals surface area (Å²) < 4.78 is 39.2. The maximum Gasteiger partial charge on any atom is 0.265 e. The highest BCUT2D eigenvalue weighted by molar-refractivity contribution is 7.93. The number of aliphatic hydroxyl groups is 1. The minimum Gasteiger partial charge on any atom is -0.391 e. The molecule has 0 spiro atoms. The van der Waals surface area contributed by atoms with E-state index in [-0.39, 0.29) is 11.5 Å². The summed E-state index contributed by atoms with van der Waals surface area (Å²) in [5.41, 5.74) is 0.953. The minimum atomic E-state index is -3.77. The van der Waals surface area contributed by atoms with Crippen LogP contribution in [0.2, 0.25) is 0 Å². The molecule has 0 aliphatic rings. The summed E-state index contributed by atoms with van der Waals surface area (Å²) in [6.45, 7) is 1.35. The Morgan fingerprint density at radius 3 is 2.45 bits per heavy atom. The van der Waals surface area contributed by atoms with Gasteiger partial charge in [0.25, 0.3) is 10.0 Å². The number of aliphatic hydroxyl groups excluding tert-OH is 1. The van der Waals surface area contributed by atoms with Crippen LogP contribution in [0, 0.1) is 12.7 Å². The number of sulfonamides is 1. The number of anilines is 1. The first-order valence-electron chi connectivity index (χ1n) is 5.80. The van der Waals surface area contributed by atoms with Crippen molar-refractivity contribution in [1.82, 2.24) is 0 Å². The maximum absolute atomic E-state index is 12.9. The van der Waals surface area contributed by atoms with Crippen molar-refractivity contribution in [2.24, 2.45) is 0 Å². The topological polar surface area (TPSA) is 57.6 Å². The number of thiophene rings is 1. The molecule has 0 radical (unpaired) electrons. The first-order valence-corrected chi connectivity index (χ1v) is 8.12. The Morgan fingerprint density at radius 1 is 1.30 bits per heavy atom. The van der Waals surface area contributed by atoms with Gasteiger partial charge in [-0.3, -0.25) is 4.31 Å². The first-order chi connectivity index (χ1) is 9.37. The zero-order chi connectivity index (χ0) is 14.9. The Hall–Kier alpha value is -1.44. The van der Waals surface area contributed by atoms with Crippen molar-refractivity contribution in [2.75, 3.05) is 11.4 Å². The van der Waals surface area contributed by atoms with Gasteiger partial charge in [0.15, 0.2) is 0 Å². The van der Waals surface area contributed by atoms with E-state index in [1.165, 1.54) is 42.6 Å². The molecule has 0 saturated heterocycles. The Balaban J connectivity index is 2.49. The summed E-state index contributed by atoms with van der Waals surface area (Å²) in [5.74, 6) is -0.428. The lowest BCUT2D eigenvalue weighted by molar-refractivity contribution is 0.282. The van der Waals surface area contributed by atoms with Crippen LogP contribution in [-0.4, -0.2) is 20.6 Å². The lowest BCUT2D eigenvalue weighted by Gasteiger charge is -2.20. The zero-order valence-electron chi connectivity index (χ0n) is 11.0. The van der Waals surface area contributed by atoms with E-state index in [2.05, 4.69) is 0 Å². The van der Waals surface area contributed by atoms with Gasteiger partial charge in [-0.15, -0.1) is 11.3 Å². The van der Waals surface area contributed by atoms with Crippen LogP contribution < -0.4 is 4.31 Å². The highest BCUT2D eigenvalue weighted by Gasteiger charge is 2.27. The third-order valence-electron chi connectivity index (χ3n) is 2.94. The summed E-state index contributed by atoms with van der Waals surface area (Å²) in [7, 11) is -2.37. The van der Waals surface area contributed by atoms with E-state index >= 15 is 0 Å². The largest absolute Gasteiger partial charge is 0.391 e. The first kappa shape index (κ1) is 15.0. The predicted molar refractivity (Wildman–Crippen MR) is 77.0 cm³/mol. The Kier molecular flexibility index (Phi) is 4.12. The van der Waals surface area contributed by atoms with Gasteiger partial charge >= 0.3 is 0 Å². The Morgan fingerprint density at radius 2 is 1.90 bits per heavy atom. The van der Waals surface area contributed by atoms with Gasteiger partial charge in [0.1, 0.15) is 10.7 Å². The van der Waals surface area contributed by atoms with E-state index in [0.29, 0.717) is 16.1 Å². The number of halogens is 1. The summed E-state index contributed by atoms with van der Waals surface area (Å²) in [5, 5.41) is 11.0. The SMILES string of the molecule is Cc1csc(CO)c1S(=O)(=O)N(C)c1ccc(F)cc1. The van der Waals surface area contributed by atoms with Crippen molar-refractivity contribution >= 4 is 27.0 Å². The van der Waals surface area contributed by atoms with Crippen molar-refractivity contribution in [2.45, 2.75) is 18.4 Å². The second-order valence-electron chi connectivity index (χ2n) is 4.28. The van der Waals surface area contributed by atoms with Crippen LogP contribution in [0.5, 0.6) is 0 Å². The lowest BCUT2D eigenvalue weighted by atomic mass is 10.3. The number of hydrogen-bond acceptors (Lipinski definition) is 4. The van der Waals surface area contributed by atoms with Gasteiger partial charge in [-0.1, -0.05) is 0 Å². The maximum atomic E-state index is 12.9. The van der Waals surface area contributed by atoms with Crippen molar-refractivity contribution in [3.8, 4) is 0 Å². The van der Waals surface area contributed by atoms with Crippen LogP contribution in [0.15, 0.2) is 34.5 Å². The van der Waals surface area contributed by atoms with Crippen LogP contribution in [0.1, 0.15) is 10.4 Å². The third-order valence-corrected chi connectivity index (χ3v) is 6.18. The number of nitrogens with zero attached hydrogens (tertiary/aromatic N) is 1. The van der Waals surface area contributed by atoms with E-state index in [9.17, 15) is 17.9 Å². The quantitative estimate of drug-likeness (QED) is 0.943. The molecule has 0 saturated carbocycles. The highest BCUT2D eigenvalue weighted by atomic mass is 32.2. The second kappa shape index (κ2) is 5.51. The smallest absolute Gasteiger partial charge is 0.265 e. The Bertz CT molecular complexity index is 708. The highest BCUT2D eigenvalue weighted by Crippen LogP contribution is 2.31. The van der Waals surface area contributed by atoms with Gasteiger partial charge in [0, 0.05) is 7.05 Å². The zero-order valence-corrected chi connectivity index (χ0v) is 12.6. The standard InChI is InChI=1S/C13H14FNO3S2/c1-9-8-19-12(7-16)13(9)20(17,18)15(2)11-5-3-10(14)4-6-11/h3-6,8,16H,7H2,1-2H3. The van der Waals surface area contributed by atoms with E-state index in [4.69, 9.17) is 0 Å². The molecule has 1 N–H and O–H groups in total. The van der Waals surface area contributed by atoms with Gasteiger partial charge in [0.2, 0.25) is 0 Å². The average Bonchev–Trinajstić information content (AvgIpc) is 2.80. The molecule has 1 aromatic heterocycles. The van der Waals surface area contributed by atoms with Crippen LogP contribution in [0.4, 0.5) is 10.1 Å². The number of aryl methyl sites for hydroxylation is 1. The second-order valence-corrected chi connectivity index (χ2v) is 7.15. The molecule has 2 rings (SSSR count). The lowest BCUT2D eigenvalue weighted by Crippen LogP contribution is -2.27. The van der Waals surface area contributed by atoms with Gasteiger partial charge in [-0.05, 0) is 42.1 Å². The molecule has 7 heteroatoms. The summed E-state index contributed by atoms with van der Waals surface area (Å²) in [4.78, 5) is 0.522. The minimum absolute atomic E-state index is 0.122. The normalized spacial score (nSPS) is 11.6. The molecule has 20 heavy (non-hydrogen) atoms. The fourth-order valence-electron chi connectivity index (χ4n) is 1.87. The molecule has 1 aromatic carbocycles. The van der Waals surface area contributed by atoms with Crippen LogP contribution in [0.3, 0.4) is 0 Å². The van der Waals surface area contributed by atoms with E-state index in [1.54, 1.807) is 12.3 Å². The number of benzene rings is 1. The van der Waals surface area contributed by atoms with Gasteiger partial charge in [-0.25, -0.2) is 12.8 Å². The molecule has 0 unspecified atom stereocenters. The summed E-state index contributed by atoms with van der Waals surface area (Å²) in [6, 6.07) is 5.20. The van der Waals surface area contributed by atoms with E-state index in [0.717, 1.165) is 4.31 Å². The van der Waals surface area contributed by atoms with Gasteiger partial charge in [-0.2, -0.15) is 0 Å². The van der Waals surface area contributed by atoms with E-state index < -0.39 is 15.8 Å². The molecule has 2 aromatic rings. The molecule has 1 heterocycles. The summed E-state index contributed by atoms with van der Waals surface area (Å²) >= 11 is 1.20. The van der Waals surface area contributed by atoms with Crippen molar-refractivity contribution in [3.63, 3.8) is 0 Å². The van der Waals surface area contributed by atoms with Crippen LogP contribution >= 0.6 is 11.3 Å². The molecule has 108 valence electrons. The average molecular weight is 315 g/mol. The fourth-order valence-corrected chi connectivity index (χ4v) is 4.68. The molecule has 4 nitrogen and oxygen atoms in total. The van der Waals surface area contributed by atoms with Crippen LogP contribution in [0.25, 0.3) is 0 Å². The molecule has 0 amide bonds. The molecule has 0 aliphatic carbocycles.